The van der Waals surface area contributed by atoms with Gasteiger partial charge in [0.2, 0.25) is 5.91 Å². The molecule has 0 aliphatic rings. The molecule has 0 aliphatic carbocycles. The van der Waals surface area contributed by atoms with E-state index in [2.05, 4.69) is 10.6 Å². The SMILES string of the molecule is CC(=O)Nc1ccc(Cl)cc1NC(=O)c1ccc(F)c(C)c1. The molecule has 0 aromatic heterocycles. The molecule has 0 aliphatic heterocycles. The molecule has 114 valence electrons. The molecule has 0 saturated heterocycles. The van der Waals surface area contributed by atoms with Crippen molar-refractivity contribution in [2.45, 2.75) is 13.8 Å². The predicted octanol–water partition coefficient (Wildman–Crippen LogP) is 4.00. The van der Waals surface area contributed by atoms with Crippen molar-refractivity contribution in [1.29, 1.82) is 0 Å². The van der Waals surface area contributed by atoms with E-state index in [1.54, 1.807) is 19.1 Å². The van der Waals surface area contributed by atoms with Crippen LogP contribution < -0.4 is 10.6 Å². The topological polar surface area (TPSA) is 58.2 Å². The molecule has 22 heavy (non-hydrogen) atoms. The largest absolute Gasteiger partial charge is 0.325 e. The number of nitrogens with one attached hydrogen (secondary N) is 2. The van der Waals surface area contributed by atoms with Crippen molar-refractivity contribution < 1.29 is 14.0 Å². The first-order valence-corrected chi connectivity index (χ1v) is 6.89. The maximum absolute atomic E-state index is 13.3. The van der Waals surface area contributed by atoms with Gasteiger partial charge in [-0.25, -0.2) is 4.39 Å². The molecule has 2 aromatic rings. The molecule has 0 spiro atoms. The lowest BCUT2D eigenvalue weighted by Crippen LogP contribution is -2.15. The van der Waals surface area contributed by atoms with Gasteiger partial charge in [-0.1, -0.05) is 11.6 Å². The average Bonchev–Trinajstić information content (AvgIpc) is 2.44. The van der Waals surface area contributed by atoms with Gasteiger partial charge in [0.25, 0.3) is 5.91 Å². The summed E-state index contributed by atoms with van der Waals surface area (Å²) in [7, 11) is 0. The molecule has 4 nitrogen and oxygen atoms in total. The first kappa shape index (κ1) is 16.0. The minimum Gasteiger partial charge on any atom is -0.325 e. The average molecular weight is 321 g/mol. The van der Waals surface area contributed by atoms with Crippen molar-refractivity contribution in [3.8, 4) is 0 Å². The number of hydrogen-bond donors (Lipinski definition) is 2. The van der Waals surface area contributed by atoms with E-state index in [0.29, 0.717) is 27.5 Å². The van der Waals surface area contributed by atoms with E-state index in [9.17, 15) is 14.0 Å². The molecule has 2 N–H and O–H groups in total. The van der Waals surface area contributed by atoms with Crippen molar-refractivity contribution in [2.24, 2.45) is 0 Å². The molecule has 2 rings (SSSR count). The van der Waals surface area contributed by atoms with Gasteiger partial charge in [0.05, 0.1) is 11.4 Å². The molecule has 0 saturated carbocycles. The van der Waals surface area contributed by atoms with Gasteiger partial charge < -0.3 is 10.6 Å². The normalized spacial score (nSPS) is 10.2. The van der Waals surface area contributed by atoms with Crippen molar-refractivity contribution >= 4 is 34.8 Å². The Morgan fingerprint density at radius 2 is 1.77 bits per heavy atom. The zero-order chi connectivity index (χ0) is 16.3. The van der Waals surface area contributed by atoms with Crippen LogP contribution in [0.2, 0.25) is 5.02 Å². The van der Waals surface area contributed by atoms with E-state index in [-0.39, 0.29) is 11.7 Å². The van der Waals surface area contributed by atoms with Crippen LogP contribution in [-0.4, -0.2) is 11.8 Å². The lowest BCUT2D eigenvalue weighted by molar-refractivity contribution is -0.114. The van der Waals surface area contributed by atoms with Gasteiger partial charge in [0.15, 0.2) is 0 Å². The van der Waals surface area contributed by atoms with Gasteiger partial charge in [0.1, 0.15) is 5.82 Å². The second-order valence-corrected chi connectivity index (χ2v) is 5.23. The number of rotatable bonds is 3. The summed E-state index contributed by atoms with van der Waals surface area (Å²) < 4.78 is 13.3. The van der Waals surface area contributed by atoms with Crippen LogP contribution in [0, 0.1) is 12.7 Å². The van der Waals surface area contributed by atoms with Gasteiger partial charge in [-0.3, -0.25) is 9.59 Å². The van der Waals surface area contributed by atoms with Crippen LogP contribution in [0.1, 0.15) is 22.8 Å². The van der Waals surface area contributed by atoms with Gasteiger partial charge in [0, 0.05) is 17.5 Å². The number of carbonyl (C=O) groups excluding carboxylic acids is 2. The molecular formula is C16H14ClFN2O2. The van der Waals surface area contributed by atoms with Gasteiger partial charge >= 0.3 is 0 Å². The van der Waals surface area contributed by atoms with Crippen LogP contribution in [-0.2, 0) is 4.79 Å². The number of anilines is 2. The fourth-order valence-electron chi connectivity index (χ4n) is 1.90. The highest BCUT2D eigenvalue weighted by Gasteiger charge is 2.12. The van der Waals surface area contributed by atoms with Gasteiger partial charge in [-0.05, 0) is 48.9 Å². The predicted molar refractivity (Wildman–Crippen MR) is 84.8 cm³/mol. The lowest BCUT2D eigenvalue weighted by Gasteiger charge is -2.12. The van der Waals surface area contributed by atoms with Crippen LogP contribution in [0.3, 0.4) is 0 Å². The zero-order valence-electron chi connectivity index (χ0n) is 12.0. The quantitative estimate of drug-likeness (QED) is 0.898. The summed E-state index contributed by atoms with van der Waals surface area (Å²) in [6, 6.07) is 8.80. The van der Waals surface area contributed by atoms with Gasteiger partial charge in [-0.2, -0.15) is 0 Å². The fraction of sp³-hybridized carbons (Fsp3) is 0.125. The number of aryl methyl sites for hydroxylation is 1. The fourth-order valence-corrected chi connectivity index (χ4v) is 2.07. The van der Waals surface area contributed by atoms with Crippen LogP contribution in [0.15, 0.2) is 36.4 Å². The molecule has 0 bridgehead atoms. The van der Waals surface area contributed by atoms with E-state index >= 15 is 0 Å². The third-order valence-electron chi connectivity index (χ3n) is 2.96. The molecule has 2 amide bonds. The Morgan fingerprint density at radius 1 is 1.05 bits per heavy atom. The van der Waals surface area contributed by atoms with Crippen molar-refractivity contribution in [3.05, 3.63) is 58.4 Å². The summed E-state index contributed by atoms with van der Waals surface area (Å²) in [4.78, 5) is 23.4. The molecule has 2 aromatic carbocycles. The number of carbonyl (C=O) groups is 2. The molecule has 0 unspecified atom stereocenters. The molecule has 0 heterocycles. The highest BCUT2D eigenvalue weighted by Crippen LogP contribution is 2.26. The minimum atomic E-state index is -0.419. The second kappa shape index (κ2) is 6.58. The smallest absolute Gasteiger partial charge is 0.255 e. The Balaban J connectivity index is 2.29. The summed E-state index contributed by atoms with van der Waals surface area (Å²) in [6.45, 7) is 2.94. The van der Waals surface area contributed by atoms with E-state index in [0.717, 1.165) is 0 Å². The molecule has 0 fully saturated rings. The third-order valence-corrected chi connectivity index (χ3v) is 3.20. The summed E-state index contributed by atoms with van der Waals surface area (Å²) in [5.74, 6) is -1.06. The van der Waals surface area contributed by atoms with Crippen molar-refractivity contribution in [2.75, 3.05) is 10.6 Å². The summed E-state index contributed by atoms with van der Waals surface area (Å²) in [6.07, 6.45) is 0. The van der Waals surface area contributed by atoms with Crippen LogP contribution >= 0.6 is 11.6 Å². The highest BCUT2D eigenvalue weighted by molar-refractivity contribution is 6.31. The monoisotopic (exact) mass is 320 g/mol. The number of halogens is 2. The number of hydrogen-bond acceptors (Lipinski definition) is 2. The standard InChI is InChI=1S/C16H14ClFN2O2/c1-9-7-11(3-5-13(9)18)16(22)20-15-8-12(17)4-6-14(15)19-10(2)21/h3-8H,1-2H3,(H,19,21)(H,20,22). The zero-order valence-corrected chi connectivity index (χ0v) is 12.8. The number of amides is 2. The first-order valence-electron chi connectivity index (χ1n) is 6.51. The van der Waals surface area contributed by atoms with Crippen molar-refractivity contribution in [1.82, 2.24) is 0 Å². The maximum atomic E-state index is 13.3. The van der Waals surface area contributed by atoms with E-state index in [1.807, 2.05) is 0 Å². The maximum Gasteiger partial charge on any atom is 0.255 e. The summed E-state index contributed by atoms with van der Waals surface area (Å²) in [5.41, 5.74) is 1.49. The molecule has 0 radical (unpaired) electrons. The summed E-state index contributed by atoms with van der Waals surface area (Å²) >= 11 is 5.92. The minimum absolute atomic E-state index is 0.268. The Labute approximate surface area is 132 Å². The van der Waals surface area contributed by atoms with E-state index < -0.39 is 5.91 Å². The van der Waals surface area contributed by atoms with Crippen LogP contribution in [0.25, 0.3) is 0 Å². The van der Waals surface area contributed by atoms with Gasteiger partial charge in [-0.15, -0.1) is 0 Å². The van der Waals surface area contributed by atoms with Crippen LogP contribution in [0.4, 0.5) is 15.8 Å². The molecule has 0 atom stereocenters. The van der Waals surface area contributed by atoms with Crippen molar-refractivity contribution in [3.63, 3.8) is 0 Å². The Morgan fingerprint density at radius 3 is 2.41 bits per heavy atom. The van der Waals surface area contributed by atoms with E-state index in [1.165, 1.54) is 31.2 Å². The van der Waals surface area contributed by atoms with E-state index in [4.69, 9.17) is 11.6 Å². The Bertz CT molecular complexity index is 747. The summed E-state index contributed by atoms with van der Waals surface area (Å²) in [5, 5.41) is 5.68. The lowest BCUT2D eigenvalue weighted by atomic mass is 10.1. The number of benzene rings is 2. The Kier molecular flexibility index (Phi) is 4.78. The second-order valence-electron chi connectivity index (χ2n) is 4.79. The highest BCUT2D eigenvalue weighted by atomic mass is 35.5. The van der Waals surface area contributed by atoms with Crippen LogP contribution in [0.5, 0.6) is 0 Å². The first-order chi connectivity index (χ1) is 10.4. The molecular weight excluding hydrogens is 307 g/mol. The molecule has 6 heteroatoms. The Hall–Kier alpha value is -2.40. The third kappa shape index (κ3) is 3.83.